The van der Waals surface area contributed by atoms with E-state index < -0.39 is 0 Å². The van der Waals surface area contributed by atoms with Crippen molar-refractivity contribution in [2.45, 2.75) is 13.3 Å². The van der Waals surface area contributed by atoms with Crippen molar-refractivity contribution in [2.24, 2.45) is 0 Å². The lowest BCUT2D eigenvalue weighted by Gasteiger charge is -1.89. The fourth-order valence-electron chi connectivity index (χ4n) is 1.79. The number of aryl methyl sites for hydroxylation is 1. The molecule has 0 unspecified atom stereocenters. The van der Waals surface area contributed by atoms with E-state index in [2.05, 4.69) is 32.8 Å². The summed E-state index contributed by atoms with van der Waals surface area (Å²) in [6, 6.07) is 9.90. The van der Waals surface area contributed by atoms with Crippen molar-refractivity contribution in [2.75, 3.05) is 0 Å². The number of benzene rings is 1. The molecule has 0 saturated carbocycles. The van der Waals surface area contributed by atoms with Crippen LogP contribution in [0.25, 0.3) is 22.6 Å². The Labute approximate surface area is 107 Å². The quantitative estimate of drug-likeness (QED) is 0.770. The molecule has 3 nitrogen and oxygen atoms in total. The Morgan fingerprint density at radius 3 is 2.94 bits per heavy atom. The van der Waals surface area contributed by atoms with Crippen LogP contribution in [-0.2, 0) is 6.42 Å². The number of aromatic amines is 1. The van der Waals surface area contributed by atoms with Crippen LogP contribution in [0.4, 0.5) is 0 Å². The first-order valence-corrected chi connectivity index (χ1v) is 6.30. The third-order valence-electron chi connectivity index (χ3n) is 2.69. The van der Waals surface area contributed by atoms with Gasteiger partial charge in [0.1, 0.15) is 5.76 Å². The summed E-state index contributed by atoms with van der Waals surface area (Å²) in [5.41, 5.74) is 1.95. The molecule has 3 rings (SSSR count). The zero-order valence-electron chi connectivity index (χ0n) is 9.33. The number of furan rings is 1. The van der Waals surface area contributed by atoms with Gasteiger partial charge in [-0.25, -0.2) is 4.98 Å². The summed E-state index contributed by atoms with van der Waals surface area (Å²) in [7, 11) is 0. The summed E-state index contributed by atoms with van der Waals surface area (Å²) in [4.78, 5) is 7.76. The van der Waals surface area contributed by atoms with Gasteiger partial charge in [-0.05, 0) is 30.3 Å². The minimum absolute atomic E-state index is 0.776. The minimum atomic E-state index is 0.776. The number of hydrogen-bond donors (Lipinski definition) is 1. The average Bonchev–Trinajstić information content (AvgIpc) is 2.93. The fourth-order valence-corrected chi connectivity index (χ4v) is 2.15. The molecule has 0 spiro atoms. The molecule has 17 heavy (non-hydrogen) atoms. The maximum atomic E-state index is 5.67. The normalized spacial score (nSPS) is 11.2. The first-order chi connectivity index (χ1) is 8.26. The zero-order chi connectivity index (χ0) is 11.8. The SMILES string of the molecule is CCc1ccc(-c2nc3ccc(Br)cc3[nH]2)o1. The van der Waals surface area contributed by atoms with Crippen molar-refractivity contribution in [1.29, 1.82) is 0 Å². The van der Waals surface area contributed by atoms with Crippen molar-refractivity contribution >= 4 is 27.0 Å². The molecule has 0 atom stereocenters. The molecule has 1 N–H and O–H groups in total. The van der Waals surface area contributed by atoms with E-state index in [-0.39, 0.29) is 0 Å². The molecule has 2 heterocycles. The van der Waals surface area contributed by atoms with E-state index in [0.29, 0.717) is 0 Å². The molecule has 2 aromatic heterocycles. The first kappa shape index (κ1) is 10.6. The van der Waals surface area contributed by atoms with Gasteiger partial charge >= 0.3 is 0 Å². The average molecular weight is 291 g/mol. The predicted molar refractivity (Wildman–Crippen MR) is 70.9 cm³/mol. The van der Waals surface area contributed by atoms with Crippen molar-refractivity contribution < 1.29 is 4.42 Å². The molecule has 0 radical (unpaired) electrons. The Morgan fingerprint density at radius 2 is 2.18 bits per heavy atom. The molecule has 3 aromatic rings. The lowest BCUT2D eigenvalue weighted by Crippen LogP contribution is -1.75. The van der Waals surface area contributed by atoms with Gasteiger partial charge in [-0.3, -0.25) is 0 Å². The van der Waals surface area contributed by atoms with Crippen LogP contribution in [-0.4, -0.2) is 9.97 Å². The topological polar surface area (TPSA) is 41.8 Å². The van der Waals surface area contributed by atoms with Crippen molar-refractivity contribution in [1.82, 2.24) is 9.97 Å². The summed E-state index contributed by atoms with van der Waals surface area (Å²) in [5.74, 6) is 2.54. The Kier molecular flexibility index (Phi) is 2.52. The van der Waals surface area contributed by atoms with Crippen LogP contribution < -0.4 is 0 Å². The van der Waals surface area contributed by atoms with Gasteiger partial charge in [0.05, 0.1) is 11.0 Å². The highest BCUT2D eigenvalue weighted by atomic mass is 79.9. The van der Waals surface area contributed by atoms with E-state index in [4.69, 9.17) is 4.42 Å². The van der Waals surface area contributed by atoms with Crippen molar-refractivity contribution in [3.63, 3.8) is 0 Å². The highest BCUT2D eigenvalue weighted by Crippen LogP contribution is 2.24. The Morgan fingerprint density at radius 1 is 1.29 bits per heavy atom. The molecule has 0 saturated heterocycles. The fraction of sp³-hybridized carbons (Fsp3) is 0.154. The number of nitrogens with one attached hydrogen (secondary N) is 1. The molecule has 4 heteroatoms. The van der Waals surface area contributed by atoms with Crippen LogP contribution in [0.2, 0.25) is 0 Å². The van der Waals surface area contributed by atoms with E-state index in [1.807, 2.05) is 30.3 Å². The monoisotopic (exact) mass is 290 g/mol. The highest BCUT2D eigenvalue weighted by Gasteiger charge is 2.09. The Bertz CT molecular complexity index is 669. The highest BCUT2D eigenvalue weighted by molar-refractivity contribution is 9.10. The van der Waals surface area contributed by atoms with Gasteiger partial charge in [-0.15, -0.1) is 0 Å². The largest absolute Gasteiger partial charge is 0.458 e. The molecule has 0 fully saturated rings. The lowest BCUT2D eigenvalue weighted by atomic mass is 10.3. The smallest absolute Gasteiger partial charge is 0.174 e. The maximum absolute atomic E-state index is 5.67. The van der Waals surface area contributed by atoms with Gasteiger partial charge in [0.2, 0.25) is 0 Å². The van der Waals surface area contributed by atoms with E-state index in [0.717, 1.165) is 39.3 Å². The minimum Gasteiger partial charge on any atom is -0.458 e. The zero-order valence-corrected chi connectivity index (χ0v) is 10.9. The molecular weight excluding hydrogens is 280 g/mol. The number of imidazole rings is 1. The van der Waals surface area contributed by atoms with Gasteiger partial charge in [0, 0.05) is 10.9 Å². The van der Waals surface area contributed by atoms with Gasteiger partial charge in [0.15, 0.2) is 11.6 Å². The molecule has 0 aliphatic carbocycles. The molecule has 0 bridgehead atoms. The lowest BCUT2D eigenvalue weighted by molar-refractivity contribution is 0.526. The van der Waals surface area contributed by atoms with Gasteiger partial charge in [-0.1, -0.05) is 22.9 Å². The van der Waals surface area contributed by atoms with Crippen LogP contribution in [0.3, 0.4) is 0 Å². The number of H-pyrrole nitrogens is 1. The first-order valence-electron chi connectivity index (χ1n) is 5.50. The maximum Gasteiger partial charge on any atom is 0.174 e. The summed E-state index contributed by atoms with van der Waals surface area (Å²) in [5, 5.41) is 0. The standard InChI is InChI=1S/C13H11BrN2O/c1-2-9-4-6-12(17-9)13-15-10-5-3-8(14)7-11(10)16-13/h3-7H,2H2,1H3,(H,15,16). The van der Waals surface area contributed by atoms with Crippen LogP contribution in [0.5, 0.6) is 0 Å². The van der Waals surface area contributed by atoms with E-state index in [1.165, 1.54) is 0 Å². The van der Waals surface area contributed by atoms with Crippen LogP contribution in [0.15, 0.2) is 39.2 Å². The van der Waals surface area contributed by atoms with Crippen LogP contribution in [0, 0.1) is 0 Å². The summed E-state index contributed by atoms with van der Waals surface area (Å²) < 4.78 is 6.71. The number of nitrogens with zero attached hydrogens (tertiary/aromatic N) is 1. The second-order valence-corrected chi connectivity index (χ2v) is 4.78. The molecule has 0 aliphatic rings. The molecule has 86 valence electrons. The van der Waals surface area contributed by atoms with Gasteiger partial charge in [0.25, 0.3) is 0 Å². The Hall–Kier alpha value is -1.55. The molecular formula is C13H11BrN2O. The van der Waals surface area contributed by atoms with Gasteiger partial charge < -0.3 is 9.40 Å². The van der Waals surface area contributed by atoms with Crippen molar-refractivity contribution in [3.8, 4) is 11.6 Å². The Balaban J connectivity index is 2.11. The van der Waals surface area contributed by atoms with Crippen molar-refractivity contribution in [3.05, 3.63) is 40.6 Å². The van der Waals surface area contributed by atoms with Crippen LogP contribution in [0.1, 0.15) is 12.7 Å². The number of aromatic nitrogens is 2. The summed E-state index contributed by atoms with van der Waals surface area (Å²) in [6.45, 7) is 2.07. The third-order valence-corrected chi connectivity index (χ3v) is 3.18. The van der Waals surface area contributed by atoms with E-state index in [9.17, 15) is 0 Å². The number of fused-ring (bicyclic) bond motifs is 1. The molecule has 0 aliphatic heterocycles. The third kappa shape index (κ3) is 1.89. The second kappa shape index (κ2) is 4.04. The number of hydrogen-bond acceptors (Lipinski definition) is 2. The molecule has 0 amide bonds. The molecule has 1 aromatic carbocycles. The van der Waals surface area contributed by atoms with Gasteiger partial charge in [-0.2, -0.15) is 0 Å². The summed E-state index contributed by atoms with van der Waals surface area (Å²) in [6.07, 6.45) is 0.895. The number of halogens is 1. The van der Waals surface area contributed by atoms with Crippen LogP contribution >= 0.6 is 15.9 Å². The predicted octanol–water partition coefficient (Wildman–Crippen LogP) is 4.15. The second-order valence-electron chi connectivity index (χ2n) is 3.87. The van der Waals surface area contributed by atoms with E-state index in [1.54, 1.807) is 0 Å². The summed E-state index contributed by atoms with van der Waals surface area (Å²) >= 11 is 3.44. The van der Waals surface area contributed by atoms with E-state index >= 15 is 0 Å². The number of rotatable bonds is 2.